The van der Waals surface area contributed by atoms with Crippen molar-refractivity contribution in [2.24, 2.45) is 0 Å². The smallest absolute Gasteiger partial charge is 0.318 e. The van der Waals surface area contributed by atoms with Gasteiger partial charge in [0.05, 0.1) is 12.3 Å². The standard InChI is InChI=1S/C3H7O3P/c1-3(4)2-7(5)6/h3-4H,2H2,1H3. The highest BCUT2D eigenvalue weighted by Crippen LogP contribution is 2.03. The molecule has 1 N–H and O–H groups in total. The number of hydrogen-bond donors (Lipinski definition) is 1. The van der Waals surface area contributed by atoms with Gasteiger partial charge in [-0.25, -0.2) is 9.13 Å². The molecular weight excluding hydrogens is 115 g/mol. The summed E-state index contributed by atoms with van der Waals surface area (Å²) in [5, 5.41) is 8.34. The third kappa shape index (κ3) is 5.86. The number of rotatable bonds is 2. The molecule has 42 valence electrons. The van der Waals surface area contributed by atoms with Crippen LogP contribution in [0, 0.1) is 0 Å². The first kappa shape index (κ1) is 6.86. The van der Waals surface area contributed by atoms with E-state index in [-0.39, 0.29) is 6.16 Å². The van der Waals surface area contributed by atoms with Crippen molar-refractivity contribution in [1.82, 2.24) is 0 Å². The van der Waals surface area contributed by atoms with Crippen LogP contribution >= 0.6 is 7.68 Å². The van der Waals surface area contributed by atoms with Crippen LogP contribution in [0.4, 0.5) is 0 Å². The Morgan fingerprint density at radius 2 is 2.14 bits per heavy atom. The molecule has 1 unspecified atom stereocenters. The third-order valence-corrected chi connectivity index (χ3v) is 1.24. The Morgan fingerprint density at radius 1 is 1.71 bits per heavy atom. The summed E-state index contributed by atoms with van der Waals surface area (Å²) in [6, 6.07) is 0. The molecule has 0 bridgehead atoms. The lowest BCUT2D eigenvalue weighted by molar-refractivity contribution is 0.217. The minimum absolute atomic E-state index is 0.130. The molecule has 0 aliphatic carbocycles. The molecule has 0 rings (SSSR count). The maximum Gasteiger partial charge on any atom is 0.318 e. The van der Waals surface area contributed by atoms with Crippen LogP contribution in [-0.2, 0) is 9.13 Å². The molecule has 0 heterocycles. The first-order chi connectivity index (χ1) is 3.13. The minimum Gasteiger partial charge on any atom is -0.393 e. The van der Waals surface area contributed by atoms with Gasteiger partial charge in [-0.2, -0.15) is 0 Å². The summed E-state index contributed by atoms with van der Waals surface area (Å²) in [5.74, 6) is 0. The summed E-state index contributed by atoms with van der Waals surface area (Å²) < 4.78 is 19.4. The van der Waals surface area contributed by atoms with E-state index in [4.69, 9.17) is 5.11 Å². The molecule has 7 heavy (non-hydrogen) atoms. The second kappa shape index (κ2) is 2.94. The van der Waals surface area contributed by atoms with Gasteiger partial charge in [-0.05, 0) is 6.92 Å². The lowest BCUT2D eigenvalue weighted by Crippen LogP contribution is -1.99. The number of aliphatic hydroxyl groups is 1. The van der Waals surface area contributed by atoms with Gasteiger partial charge in [-0.15, -0.1) is 0 Å². The van der Waals surface area contributed by atoms with E-state index < -0.39 is 13.8 Å². The fourth-order valence-electron chi connectivity index (χ4n) is 0.216. The zero-order valence-electron chi connectivity index (χ0n) is 4.00. The lowest BCUT2D eigenvalue weighted by Gasteiger charge is -1.89. The molecule has 0 saturated carbocycles. The maximum absolute atomic E-state index is 9.69. The summed E-state index contributed by atoms with van der Waals surface area (Å²) in [6.07, 6.45) is -0.851. The highest BCUT2D eigenvalue weighted by atomic mass is 31.1. The van der Waals surface area contributed by atoms with Crippen LogP contribution in [0.25, 0.3) is 0 Å². The summed E-state index contributed by atoms with van der Waals surface area (Å²) >= 11 is 0. The van der Waals surface area contributed by atoms with Crippen LogP contribution < -0.4 is 0 Å². The van der Waals surface area contributed by atoms with Crippen molar-refractivity contribution in [2.75, 3.05) is 6.16 Å². The molecule has 0 saturated heterocycles. The van der Waals surface area contributed by atoms with Crippen molar-refractivity contribution in [3.8, 4) is 0 Å². The average molecular weight is 122 g/mol. The molecule has 0 spiro atoms. The van der Waals surface area contributed by atoms with E-state index in [1.54, 1.807) is 0 Å². The van der Waals surface area contributed by atoms with Crippen LogP contribution in [0.15, 0.2) is 0 Å². The van der Waals surface area contributed by atoms with Crippen LogP contribution in [0.2, 0.25) is 0 Å². The summed E-state index contributed by atoms with van der Waals surface area (Å²) in [6.45, 7) is 1.44. The zero-order valence-corrected chi connectivity index (χ0v) is 4.89. The van der Waals surface area contributed by atoms with E-state index in [0.717, 1.165) is 0 Å². The highest BCUT2D eigenvalue weighted by molar-refractivity contribution is 7.30. The minimum atomic E-state index is -2.39. The topological polar surface area (TPSA) is 54.4 Å². The Kier molecular flexibility index (Phi) is 2.88. The van der Waals surface area contributed by atoms with Crippen molar-refractivity contribution >= 4 is 7.68 Å². The molecule has 0 aromatic rings. The molecule has 0 radical (unpaired) electrons. The highest BCUT2D eigenvalue weighted by Gasteiger charge is 1.96. The second-order valence-corrected chi connectivity index (χ2v) is 2.39. The van der Waals surface area contributed by atoms with Crippen LogP contribution in [0.5, 0.6) is 0 Å². The van der Waals surface area contributed by atoms with E-state index in [2.05, 4.69) is 0 Å². The van der Waals surface area contributed by atoms with Gasteiger partial charge in [-0.1, -0.05) is 0 Å². The average Bonchev–Trinajstić information content (AvgIpc) is 1.27. The van der Waals surface area contributed by atoms with Crippen molar-refractivity contribution in [3.63, 3.8) is 0 Å². The van der Waals surface area contributed by atoms with Gasteiger partial charge in [0.25, 0.3) is 0 Å². The van der Waals surface area contributed by atoms with E-state index in [0.29, 0.717) is 0 Å². The fraction of sp³-hybridized carbons (Fsp3) is 1.00. The summed E-state index contributed by atoms with van der Waals surface area (Å²) in [7, 11) is -2.39. The van der Waals surface area contributed by atoms with Gasteiger partial charge < -0.3 is 5.11 Å². The molecule has 0 fully saturated rings. The lowest BCUT2D eigenvalue weighted by atomic mass is 10.5. The first-order valence-corrected chi connectivity index (χ1v) is 3.29. The maximum atomic E-state index is 9.69. The SMILES string of the molecule is CC(O)CP(=O)=O. The van der Waals surface area contributed by atoms with Gasteiger partial charge in [0.15, 0.2) is 0 Å². The largest absolute Gasteiger partial charge is 0.393 e. The van der Waals surface area contributed by atoms with Crippen molar-refractivity contribution in [3.05, 3.63) is 0 Å². The summed E-state index contributed by atoms with van der Waals surface area (Å²) in [4.78, 5) is 0. The van der Waals surface area contributed by atoms with Crippen molar-refractivity contribution < 1.29 is 14.2 Å². The van der Waals surface area contributed by atoms with Crippen LogP contribution in [-0.4, -0.2) is 17.4 Å². The quantitative estimate of drug-likeness (QED) is 0.544. The van der Waals surface area contributed by atoms with Gasteiger partial charge in [0.2, 0.25) is 0 Å². The molecule has 0 aliphatic heterocycles. The normalized spacial score (nSPS) is 13.4. The molecular formula is C3H7O3P. The molecule has 0 aromatic heterocycles. The predicted molar refractivity (Wildman–Crippen MR) is 24.8 cm³/mol. The van der Waals surface area contributed by atoms with Crippen LogP contribution in [0.1, 0.15) is 6.92 Å². The number of hydrogen-bond acceptors (Lipinski definition) is 3. The molecule has 0 amide bonds. The zero-order chi connectivity index (χ0) is 5.86. The number of aliphatic hydroxyl groups excluding tert-OH is 1. The van der Waals surface area contributed by atoms with Crippen molar-refractivity contribution in [1.29, 1.82) is 0 Å². The van der Waals surface area contributed by atoms with Gasteiger partial charge >= 0.3 is 7.68 Å². The van der Waals surface area contributed by atoms with Crippen LogP contribution in [0.3, 0.4) is 0 Å². The Morgan fingerprint density at radius 3 is 2.14 bits per heavy atom. The molecule has 3 nitrogen and oxygen atoms in total. The van der Waals surface area contributed by atoms with E-state index >= 15 is 0 Å². The second-order valence-electron chi connectivity index (χ2n) is 1.36. The molecule has 1 atom stereocenters. The Hall–Kier alpha value is -0.140. The van der Waals surface area contributed by atoms with E-state index in [1.165, 1.54) is 6.92 Å². The Labute approximate surface area is 42.2 Å². The van der Waals surface area contributed by atoms with Gasteiger partial charge in [0, 0.05) is 0 Å². The van der Waals surface area contributed by atoms with Gasteiger partial charge in [-0.3, -0.25) is 0 Å². The predicted octanol–water partition coefficient (Wildman–Crippen LogP) is 0.540. The first-order valence-electron chi connectivity index (χ1n) is 1.93. The van der Waals surface area contributed by atoms with E-state index in [9.17, 15) is 9.13 Å². The summed E-state index contributed by atoms with van der Waals surface area (Å²) in [5.41, 5.74) is 0. The Balaban J connectivity index is 3.32. The molecule has 0 aromatic carbocycles. The van der Waals surface area contributed by atoms with Gasteiger partial charge in [0.1, 0.15) is 0 Å². The van der Waals surface area contributed by atoms with E-state index in [1.807, 2.05) is 0 Å². The third-order valence-electron chi connectivity index (χ3n) is 0.413. The Bertz CT molecular complexity index is 96.7. The monoisotopic (exact) mass is 122 g/mol. The van der Waals surface area contributed by atoms with Crippen molar-refractivity contribution in [2.45, 2.75) is 13.0 Å². The fourth-order valence-corrected chi connectivity index (χ4v) is 0.647. The molecule has 4 heteroatoms. The molecule has 0 aliphatic rings.